The van der Waals surface area contributed by atoms with Gasteiger partial charge in [-0.3, -0.25) is 14.8 Å². The Hall–Kier alpha value is -1.55. The Labute approximate surface area is 114 Å². The van der Waals surface area contributed by atoms with Crippen molar-refractivity contribution in [2.45, 2.75) is 31.7 Å². The molecule has 2 heterocycles. The molecule has 19 heavy (non-hydrogen) atoms. The zero-order valence-corrected chi connectivity index (χ0v) is 11.4. The average Bonchev–Trinajstić information content (AvgIpc) is 2.80. The Bertz CT molecular complexity index is 451. The van der Waals surface area contributed by atoms with Gasteiger partial charge in [0, 0.05) is 26.1 Å². The van der Waals surface area contributed by atoms with E-state index in [1.807, 2.05) is 12.1 Å². The van der Waals surface area contributed by atoms with Gasteiger partial charge in [-0.2, -0.15) is 0 Å². The van der Waals surface area contributed by atoms with Gasteiger partial charge in [-0.1, -0.05) is 18.6 Å². The van der Waals surface area contributed by atoms with Gasteiger partial charge in [0.05, 0.1) is 5.69 Å². The smallest absolute Gasteiger partial charge is 0.242 e. The molecular formula is C15H21N3O. The summed E-state index contributed by atoms with van der Waals surface area (Å²) >= 11 is 0. The van der Waals surface area contributed by atoms with E-state index in [9.17, 15) is 4.79 Å². The van der Waals surface area contributed by atoms with Crippen molar-refractivity contribution in [3.8, 4) is 0 Å². The van der Waals surface area contributed by atoms with Gasteiger partial charge in [0.1, 0.15) is 0 Å². The number of carbonyl (C=O) groups excluding carboxylic acids is 1. The van der Waals surface area contributed by atoms with Crippen molar-refractivity contribution in [3.05, 3.63) is 29.8 Å². The maximum atomic E-state index is 11.5. The van der Waals surface area contributed by atoms with E-state index in [1.54, 1.807) is 5.01 Å². The quantitative estimate of drug-likeness (QED) is 0.883. The van der Waals surface area contributed by atoms with Crippen LogP contribution in [0.1, 0.15) is 37.3 Å². The normalized spacial score (nSPS) is 24.1. The van der Waals surface area contributed by atoms with Crippen LogP contribution in [0, 0.1) is 0 Å². The fraction of sp³-hybridized carbons (Fsp3) is 0.533. The van der Waals surface area contributed by atoms with Crippen LogP contribution in [-0.2, 0) is 4.79 Å². The lowest BCUT2D eigenvalue weighted by Gasteiger charge is -2.27. The van der Waals surface area contributed by atoms with E-state index in [0.29, 0.717) is 12.5 Å². The summed E-state index contributed by atoms with van der Waals surface area (Å²) < 4.78 is 0. The highest BCUT2D eigenvalue weighted by molar-refractivity contribution is 5.81. The number of nitrogens with zero attached hydrogens (tertiary/aromatic N) is 2. The van der Waals surface area contributed by atoms with Crippen LogP contribution in [0.2, 0.25) is 0 Å². The molecular weight excluding hydrogens is 238 g/mol. The molecule has 0 aliphatic carbocycles. The molecule has 1 aromatic carbocycles. The summed E-state index contributed by atoms with van der Waals surface area (Å²) in [6.07, 6.45) is 4.43. The summed E-state index contributed by atoms with van der Waals surface area (Å²) in [4.78, 5) is 11.5. The Balaban J connectivity index is 1.73. The lowest BCUT2D eigenvalue weighted by Crippen LogP contribution is -2.35. The molecule has 1 atom stereocenters. The van der Waals surface area contributed by atoms with Crippen molar-refractivity contribution in [1.29, 1.82) is 0 Å². The van der Waals surface area contributed by atoms with Crippen molar-refractivity contribution in [2.75, 3.05) is 25.1 Å². The number of anilines is 1. The topological polar surface area (TPSA) is 35.6 Å². The minimum atomic E-state index is 0.193. The molecule has 2 aliphatic heterocycles. The minimum absolute atomic E-state index is 0.193. The highest BCUT2D eigenvalue weighted by atomic mass is 16.2. The number of rotatable bonds is 2. The standard InChI is InChI=1S/C15H21N3O/c1-17-15(19)9-11-18(17)13-7-5-12(6-8-13)14-4-2-3-10-16-14/h5-8,14,16H,2-4,9-11H2,1H3. The van der Waals surface area contributed by atoms with Crippen molar-refractivity contribution < 1.29 is 4.79 Å². The summed E-state index contributed by atoms with van der Waals surface area (Å²) in [5.74, 6) is 0.193. The molecule has 2 fully saturated rings. The summed E-state index contributed by atoms with van der Waals surface area (Å²) in [5.41, 5.74) is 2.46. The third-order valence-corrected chi connectivity index (χ3v) is 4.16. The first kappa shape index (κ1) is 12.5. The summed E-state index contributed by atoms with van der Waals surface area (Å²) in [7, 11) is 1.84. The minimum Gasteiger partial charge on any atom is -0.310 e. The van der Waals surface area contributed by atoms with Crippen LogP contribution in [0.15, 0.2) is 24.3 Å². The van der Waals surface area contributed by atoms with Crippen LogP contribution in [0.5, 0.6) is 0 Å². The molecule has 1 N–H and O–H groups in total. The second kappa shape index (κ2) is 5.21. The summed E-state index contributed by atoms with van der Waals surface area (Å²) in [5, 5.41) is 7.32. The fourth-order valence-electron chi connectivity index (χ4n) is 2.97. The van der Waals surface area contributed by atoms with Gasteiger partial charge < -0.3 is 5.32 Å². The highest BCUT2D eigenvalue weighted by Gasteiger charge is 2.25. The van der Waals surface area contributed by atoms with Crippen molar-refractivity contribution in [2.24, 2.45) is 0 Å². The van der Waals surface area contributed by atoms with Gasteiger partial charge in [-0.05, 0) is 37.1 Å². The van der Waals surface area contributed by atoms with Crippen LogP contribution in [0.25, 0.3) is 0 Å². The summed E-state index contributed by atoms with van der Waals surface area (Å²) in [6, 6.07) is 9.13. The van der Waals surface area contributed by atoms with Crippen molar-refractivity contribution in [1.82, 2.24) is 10.3 Å². The number of hydrogen-bond acceptors (Lipinski definition) is 3. The molecule has 1 unspecified atom stereocenters. The van der Waals surface area contributed by atoms with Gasteiger partial charge in [0.2, 0.25) is 5.91 Å². The molecule has 4 heteroatoms. The molecule has 1 aromatic rings. The van der Waals surface area contributed by atoms with E-state index < -0.39 is 0 Å². The number of amides is 1. The van der Waals surface area contributed by atoms with E-state index in [1.165, 1.54) is 24.8 Å². The molecule has 0 spiro atoms. The van der Waals surface area contributed by atoms with Crippen molar-refractivity contribution >= 4 is 11.6 Å². The molecule has 4 nitrogen and oxygen atoms in total. The predicted molar refractivity (Wildman–Crippen MR) is 75.8 cm³/mol. The third-order valence-electron chi connectivity index (χ3n) is 4.16. The molecule has 1 amide bonds. The average molecular weight is 259 g/mol. The first-order valence-corrected chi connectivity index (χ1v) is 7.13. The van der Waals surface area contributed by atoms with E-state index in [4.69, 9.17) is 0 Å². The predicted octanol–water partition coefficient (Wildman–Crippen LogP) is 2.08. The van der Waals surface area contributed by atoms with E-state index >= 15 is 0 Å². The Morgan fingerprint density at radius 2 is 2.00 bits per heavy atom. The monoisotopic (exact) mass is 259 g/mol. The molecule has 0 radical (unpaired) electrons. The Morgan fingerprint density at radius 3 is 2.58 bits per heavy atom. The maximum absolute atomic E-state index is 11.5. The van der Waals surface area contributed by atoms with Gasteiger partial charge >= 0.3 is 0 Å². The van der Waals surface area contributed by atoms with Crippen LogP contribution in [-0.4, -0.2) is 31.1 Å². The number of nitrogens with one attached hydrogen (secondary N) is 1. The van der Waals surface area contributed by atoms with Gasteiger partial charge in [-0.15, -0.1) is 0 Å². The maximum Gasteiger partial charge on any atom is 0.242 e. The first-order chi connectivity index (χ1) is 9.25. The number of carbonyl (C=O) groups is 1. The van der Waals surface area contributed by atoms with Crippen LogP contribution >= 0.6 is 0 Å². The van der Waals surface area contributed by atoms with Crippen LogP contribution < -0.4 is 10.3 Å². The highest BCUT2D eigenvalue weighted by Crippen LogP contribution is 2.26. The van der Waals surface area contributed by atoms with Gasteiger partial charge in [0.15, 0.2) is 0 Å². The molecule has 2 aliphatic rings. The number of benzene rings is 1. The van der Waals surface area contributed by atoms with E-state index in [2.05, 4.69) is 29.6 Å². The number of hydrogen-bond donors (Lipinski definition) is 1. The SMILES string of the molecule is CN1C(=O)CCN1c1ccc(C2CCCCN2)cc1. The summed E-state index contributed by atoms with van der Waals surface area (Å²) in [6.45, 7) is 1.91. The first-order valence-electron chi connectivity index (χ1n) is 7.13. The largest absolute Gasteiger partial charge is 0.310 e. The molecule has 0 aromatic heterocycles. The molecule has 3 rings (SSSR count). The molecule has 0 bridgehead atoms. The van der Waals surface area contributed by atoms with E-state index in [0.717, 1.165) is 18.8 Å². The lowest BCUT2D eigenvalue weighted by molar-refractivity contribution is -0.126. The van der Waals surface area contributed by atoms with Crippen LogP contribution in [0.4, 0.5) is 5.69 Å². The van der Waals surface area contributed by atoms with E-state index in [-0.39, 0.29) is 5.91 Å². The Morgan fingerprint density at radius 1 is 1.21 bits per heavy atom. The zero-order chi connectivity index (χ0) is 13.2. The number of hydrazine groups is 1. The van der Waals surface area contributed by atoms with Crippen molar-refractivity contribution in [3.63, 3.8) is 0 Å². The lowest BCUT2D eigenvalue weighted by atomic mass is 9.97. The Kier molecular flexibility index (Phi) is 3.42. The molecule has 2 saturated heterocycles. The molecule has 0 saturated carbocycles. The third kappa shape index (κ3) is 2.45. The van der Waals surface area contributed by atoms with Gasteiger partial charge in [0.25, 0.3) is 0 Å². The van der Waals surface area contributed by atoms with Gasteiger partial charge in [-0.25, -0.2) is 0 Å². The second-order valence-electron chi connectivity index (χ2n) is 5.38. The number of piperidine rings is 1. The molecule has 102 valence electrons. The second-order valence-corrected chi connectivity index (χ2v) is 5.38. The van der Waals surface area contributed by atoms with Crippen LogP contribution in [0.3, 0.4) is 0 Å². The fourth-order valence-corrected chi connectivity index (χ4v) is 2.97. The zero-order valence-electron chi connectivity index (χ0n) is 11.4.